The van der Waals surface area contributed by atoms with Crippen LogP contribution in [0.2, 0.25) is 5.02 Å². The first kappa shape index (κ1) is 23.6. The Morgan fingerprint density at radius 3 is 2.12 bits per heavy atom. The Balaban J connectivity index is 1.93. The zero-order valence-electron chi connectivity index (χ0n) is 18.6. The summed E-state index contributed by atoms with van der Waals surface area (Å²) in [4.78, 5) is 28.3. The van der Waals surface area contributed by atoms with Crippen molar-refractivity contribution < 1.29 is 9.59 Å². The molecule has 2 amide bonds. The standard InChI is InChI=1S/C27H29ClN2O2/c1-3-29-27(32)25(17-21-7-5-4-6-8-21)30(19-23-11-9-20(2)10-12-23)26(31)18-22-13-15-24(28)16-14-22/h4-16,25H,3,17-19H2,1-2H3,(H,29,32). The number of nitrogens with one attached hydrogen (secondary N) is 1. The Kier molecular flexibility index (Phi) is 8.46. The highest BCUT2D eigenvalue weighted by Crippen LogP contribution is 2.18. The van der Waals surface area contributed by atoms with Crippen LogP contribution in [0.15, 0.2) is 78.9 Å². The van der Waals surface area contributed by atoms with E-state index in [1.165, 1.54) is 0 Å². The third kappa shape index (κ3) is 6.69. The highest BCUT2D eigenvalue weighted by atomic mass is 35.5. The molecule has 0 aromatic heterocycles. The molecule has 1 atom stereocenters. The molecule has 0 bridgehead atoms. The third-order valence-corrected chi connectivity index (χ3v) is 5.62. The van der Waals surface area contributed by atoms with Crippen LogP contribution in [0.3, 0.4) is 0 Å². The van der Waals surface area contributed by atoms with Gasteiger partial charge in [0.15, 0.2) is 0 Å². The molecule has 3 aromatic carbocycles. The third-order valence-electron chi connectivity index (χ3n) is 5.36. The van der Waals surface area contributed by atoms with E-state index in [4.69, 9.17) is 11.6 Å². The van der Waals surface area contributed by atoms with E-state index in [2.05, 4.69) is 5.32 Å². The second-order valence-electron chi connectivity index (χ2n) is 7.91. The molecule has 5 heteroatoms. The van der Waals surface area contributed by atoms with Crippen LogP contribution in [0.25, 0.3) is 0 Å². The Morgan fingerprint density at radius 1 is 0.875 bits per heavy atom. The van der Waals surface area contributed by atoms with Crippen LogP contribution < -0.4 is 5.32 Å². The number of amides is 2. The molecular formula is C27H29ClN2O2. The Hall–Kier alpha value is -3.11. The first-order valence-corrected chi connectivity index (χ1v) is 11.2. The molecule has 0 fully saturated rings. The van der Waals surface area contributed by atoms with Crippen molar-refractivity contribution in [3.63, 3.8) is 0 Å². The molecule has 3 rings (SSSR count). The maximum atomic E-state index is 13.5. The lowest BCUT2D eigenvalue weighted by atomic mass is 10.0. The van der Waals surface area contributed by atoms with Crippen molar-refractivity contribution in [1.82, 2.24) is 10.2 Å². The summed E-state index contributed by atoms with van der Waals surface area (Å²) in [6.07, 6.45) is 0.651. The number of halogens is 1. The first-order valence-electron chi connectivity index (χ1n) is 10.9. The van der Waals surface area contributed by atoms with E-state index < -0.39 is 6.04 Å². The van der Waals surface area contributed by atoms with Crippen LogP contribution in [0.4, 0.5) is 0 Å². The van der Waals surface area contributed by atoms with Crippen molar-refractivity contribution in [3.05, 3.63) is 106 Å². The number of benzene rings is 3. The zero-order valence-corrected chi connectivity index (χ0v) is 19.3. The normalized spacial score (nSPS) is 11.6. The van der Waals surface area contributed by atoms with Crippen LogP contribution in [-0.4, -0.2) is 29.3 Å². The maximum Gasteiger partial charge on any atom is 0.243 e. The summed E-state index contributed by atoms with van der Waals surface area (Å²) in [7, 11) is 0. The summed E-state index contributed by atoms with van der Waals surface area (Å²) in [5.41, 5.74) is 4.01. The van der Waals surface area contributed by atoms with E-state index in [1.54, 1.807) is 17.0 Å². The number of hydrogen-bond acceptors (Lipinski definition) is 2. The summed E-state index contributed by atoms with van der Waals surface area (Å²) in [5.74, 6) is -0.243. The van der Waals surface area contributed by atoms with Crippen molar-refractivity contribution in [1.29, 1.82) is 0 Å². The van der Waals surface area contributed by atoms with Crippen LogP contribution in [-0.2, 0) is 29.0 Å². The van der Waals surface area contributed by atoms with Gasteiger partial charge in [-0.05, 0) is 42.7 Å². The van der Waals surface area contributed by atoms with Crippen molar-refractivity contribution in [2.24, 2.45) is 0 Å². The Morgan fingerprint density at radius 2 is 1.50 bits per heavy atom. The van der Waals surface area contributed by atoms with Crippen molar-refractivity contribution in [2.75, 3.05) is 6.54 Å². The van der Waals surface area contributed by atoms with Gasteiger partial charge in [0.1, 0.15) is 6.04 Å². The fraction of sp³-hybridized carbons (Fsp3) is 0.259. The summed E-state index contributed by atoms with van der Waals surface area (Å²) in [6, 6.07) is 24.5. The van der Waals surface area contributed by atoms with Gasteiger partial charge in [0.25, 0.3) is 0 Å². The molecule has 0 saturated carbocycles. The van der Waals surface area contributed by atoms with Gasteiger partial charge in [-0.15, -0.1) is 0 Å². The van der Waals surface area contributed by atoms with Gasteiger partial charge in [0.2, 0.25) is 11.8 Å². The molecule has 0 aliphatic rings. The average Bonchev–Trinajstić information content (AvgIpc) is 2.79. The molecule has 3 aromatic rings. The number of rotatable bonds is 9. The molecule has 0 radical (unpaired) electrons. The largest absolute Gasteiger partial charge is 0.355 e. The number of nitrogens with zero attached hydrogens (tertiary/aromatic N) is 1. The van der Waals surface area contributed by atoms with Gasteiger partial charge < -0.3 is 10.2 Å². The number of carbonyl (C=O) groups is 2. The minimum atomic E-state index is -0.613. The molecular weight excluding hydrogens is 420 g/mol. The summed E-state index contributed by atoms with van der Waals surface area (Å²) in [5, 5.41) is 3.54. The zero-order chi connectivity index (χ0) is 22.9. The van der Waals surface area contributed by atoms with E-state index in [-0.39, 0.29) is 18.2 Å². The van der Waals surface area contributed by atoms with Gasteiger partial charge >= 0.3 is 0 Å². The van der Waals surface area contributed by atoms with Gasteiger partial charge in [-0.2, -0.15) is 0 Å². The fourth-order valence-electron chi connectivity index (χ4n) is 3.61. The monoisotopic (exact) mass is 448 g/mol. The van der Waals surface area contributed by atoms with Gasteiger partial charge in [0.05, 0.1) is 6.42 Å². The van der Waals surface area contributed by atoms with E-state index >= 15 is 0 Å². The highest BCUT2D eigenvalue weighted by Gasteiger charge is 2.30. The van der Waals surface area contributed by atoms with Crippen LogP contribution in [0.5, 0.6) is 0 Å². The van der Waals surface area contributed by atoms with Crippen LogP contribution in [0.1, 0.15) is 29.2 Å². The van der Waals surface area contributed by atoms with E-state index in [0.29, 0.717) is 24.5 Å². The predicted octanol–water partition coefficient (Wildman–Crippen LogP) is 4.97. The number of likely N-dealkylation sites (N-methyl/N-ethyl adjacent to an activating group) is 1. The van der Waals surface area contributed by atoms with Gasteiger partial charge in [-0.1, -0.05) is 83.9 Å². The topological polar surface area (TPSA) is 49.4 Å². The molecule has 0 aliphatic heterocycles. The molecule has 32 heavy (non-hydrogen) atoms. The van der Waals surface area contributed by atoms with Gasteiger partial charge in [-0.3, -0.25) is 9.59 Å². The minimum absolute atomic E-state index is 0.0971. The number of aryl methyl sites for hydroxylation is 1. The second-order valence-corrected chi connectivity index (χ2v) is 8.35. The summed E-state index contributed by atoms with van der Waals surface area (Å²) in [6.45, 7) is 4.78. The molecule has 1 unspecified atom stereocenters. The molecule has 0 spiro atoms. The number of carbonyl (C=O) groups excluding carboxylic acids is 2. The lowest BCUT2D eigenvalue weighted by Gasteiger charge is -2.31. The molecule has 0 saturated heterocycles. The maximum absolute atomic E-state index is 13.5. The lowest BCUT2D eigenvalue weighted by Crippen LogP contribution is -2.50. The predicted molar refractivity (Wildman–Crippen MR) is 130 cm³/mol. The summed E-state index contributed by atoms with van der Waals surface area (Å²) >= 11 is 6.00. The first-order chi connectivity index (χ1) is 15.5. The smallest absolute Gasteiger partial charge is 0.243 e. The fourth-order valence-corrected chi connectivity index (χ4v) is 3.74. The molecule has 166 valence electrons. The average molecular weight is 449 g/mol. The van der Waals surface area contributed by atoms with Crippen molar-refractivity contribution >= 4 is 23.4 Å². The SMILES string of the molecule is CCNC(=O)C(Cc1ccccc1)N(Cc1ccc(C)cc1)C(=O)Cc1ccc(Cl)cc1. The van der Waals surface area contributed by atoms with Crippen LogP contribution in [0, 0.1) is 6.92 Å². The molecule has 1 N–H and O–H groups in total. The lowest BCUT2D eigenvalue weighted by molar-refractivity contribution is -0.140. The Bertz CT molecular complexity index is 1020. The summed E-state index contributed by atoms with van der Waals surface area (Å²) < 4.78 is 0. The van der Waals surface area contributed by atoms with Crippen LogP contribution >= 0.6 is 11.6 Å². The molecule has 4 nitrogen and oxygen atoms in total. The Labute approximate surface area is 195 Å². The van der Waals surface area contributed by atoms with E-state index in [0.717, 1.165) is 22.3 Å². The highest BCUT2D eigenvalue weighted by molar-refractivity contribution is 6.30. The second kappa shape index (κ2) is 11.5. The minimum Gasteiger partial charge on any atom is -0.355 e. The van der Waals surface area contributed by atoms with Gasteiger partial charge in [-0.25, -0.2) is 0 Å². The van der Waals surface area contributed by atoms with Gasteiger partial charge in [0, 0.05) is 24.5 Å². The quantitative estimate of drug-likeness (QED) is 0.502. The molecule has 0 aliphatic carbocycles. The van der Waals surface area contributed by atoms with E-state index in [9.17, 15) is 9.59 Å². The van der Waals surface area contributed by atoms with Crippen molar-refractivity contribution in [2.45, 2.75) is 39.3 Å². The molecule has 0 heterocycles. The van der Waals surface area contributed by atoms with Crippen molar-refractivity contribution in [3.8, 4) is 0 Å². The van der Waals surface area contributed by atoms with E-state index in [1.807, 2.05) is 80.6 Å². The number of hydrogen-bond donors (Lipinski definition) is 1.